The van der Waals surface area contributed by atoms with Gasteiger partial charge in [-0.25, -0.2) is 4.79 Å². The van der Waals surface area contributed by atoms with Crippen LogP contribution >= 0.6 is 0 Å². The lowest BCUT2D eigenvalue weighted by Crippen LogP contribution is -2.32. The van der Waals surface area contributed by atoms with Gasteiger partial charge >= 0.3 is 5.97 Å². The second-order valence-electron chi connectivity index (χ2n) is 6.45. The minimum Gasteiger partial charge on any atom is -0.480 e. The van der Waals surface area contributed by atoms with E-state index in [1.807, 2.05) is 45.9 Å². The first-order valence-corrected chi connectivity index (χ1v) is 9.18. The summed E-state index contributed by atoms with van der Waals surface area (Å²) in [6.07, 6.45) is -0.0613. The van der Waals surface area contributed by atoms with Crippen LogP contribution in [0.4, 0.5) is 5.69 Å². The van der Waals surface area contributed by atoms with Crippen LogP contribution in [-0.4, -0.2) is 24.6 Å². The van der Waals surface area contributed by atoms with E-state index in [4.69, 9.17) is 9.47 Å². The van der Waals surface area contributed by atoms with Crippen molar-refractivity contribution < 1.29 is 19.1 Å². The van der Waals surface area contributed by atoms with E-state index in [1.165, 1.54) is 0 Å². The molecule has 0 bridgehead atoms. The van der Waals surface area contributed by atoms with Crippen molar-refractivity contribution in [3.63, 3.8) is 0 Å². The Labute approximate surface area is 160 Å². The number of esters is 1. The molecule has 0 aliphatic rings. The number of nitrogens with one attached hydrogen (secondary N) is 1. The summed E-state index contributed by atoms with van der Waals surface area (Å²) in [5, 5.41) is 2.90. The molecule has 0 aliphatic carbocycles. The molecule has 0 saturated carbocycles. The standard InChI is InChI=1S/C22H27NO4/c1-6-19(27-20-10-8-9-14(3)16(20)5)21(24)23-18-12-11-17(13-15(18)4)22(25)26-7-2/h8-13,19H,6-7H2,1-5H3,(H,23,24). The molecule has 1 N–H and O–H groups in total. The van der Waals surface area contributed by atoms with Crippen molar-refractivity contribution in [2.24, 2.45) is 0 Å². The maximum Gasteiger partial charge on any atom is 0.338 e. The lowest BCUT2D eigenvalue weighted by Gasteiger charge is -2.20. The molecule has 27 heavy (non-hydrogen) atoms. The quantitative estimate of drug-likeness (QED) is 0.725. The van der Waals surface area contributed by atoms with E-state index in [9.17, 15) is 9.59 Å². The van der Waals surface area contributed by atoms with Gasteiger partial charge in [0.25, 0.3) is 5.91 Å². The molecule has 1 atom stereocenters. The average Bonchev–Trinajstić information content (AvgIpc) is 2.64. The maximum absolute atomic E-state index is 12.7. The molecular weight excluding hydrogens is 342 g/mol. The number of hydrogen-bond donors (Lipinski definition) is 1. The smallest absolute Gasteiger partial charge is 0.338 e. The summed E-state index contributed by atoms with van der Waals surface area (Å²) in [4.78, 5) is 24.5. The molecule has 0 saturated heterocycles. The van der Waals surface area contributed by atoms with E-state index in [0.717, 1.165) is 16.7 Å². The van der Waals surface area contributed by atoms with Crippen molar-refractivity contribution in [1.29, 1.82) is 0 Å². The van der Waals surface area contributed by atoms with E-state index in [2.05, 4.69) is 5.32 Å². The summed E-state index contributed by atoms with van der Waals surface area (Å²) < 4.78 is 11.0. The molecule has 2 rings (SSSR count). The fraction of sp³-hybridized carbons (Fsp3) is 0.364. The highest BCUT2D eigenvalue weighted by molar-refractivity contribution is 5.96. The topological polar surface area (TPSA) is 64.6 Å². The van der Waals surface area contributed by atoms with Crippen LogP contribution < -0.4 is 10.1 Å². The molecule has 5 nitrogen and oxygen atoms in total. The molecule has 0 fully saturated rings. The van der Waals surface area contributed by atoms with Crippen molar-refractivity contribution in [2.75, 3.05) is 11.9 Å². The average molecular weight is 369 g/mol. The summed E-state index contributed by atoms with van der Waals surface area (Å²) in [5.41, 5.74) is 4.05. The van der Waals surface area contributed by atoms with Gasteiger partial charge in [0, 0.05) is 5.69 Å². The molecular formula is C22H27NO4. The van der Waals surface area contributed by atoms with Gasteiger partial charge in [-0.3, -0.25) is 4.79 Å². The highest BCUT2D eigenvalue weighted by Crippen LogP contribution is 2.23. The molecule has 2 aromatic carbocycles. The number of ether oxygens (including phenoxy) is 2. The molecule has 2 aromatic rings. The van der Waals surface area contributed by atoms with Gasteiger partial charge in [0.2, 0.25) is 0 Å². The van der Waals surface area contributed by atoms with Crippen molar-refractivity contribution in [3.05, 3.63) is 58.7 Å². The SMILES string of the molecule is CCOC(=O)c1ccc(NC(=O)C(CC)Oc2cccc(C)c2C)c(C)c1. The van der Waals surface area contributed by atoms with E-state index >= 15 is 0 Å². The second kappa shape index (κ2) is 9.21. The Balaban J connectivity index is 2.12. The van der Waals surface area contributed by atoms with Crippen LogP contribution in [0.1, 0.15) is 47.3 Å². The van der Waals surface area contributed by atoms with Crippen LogP contribution in [0.2, 0.25) is 0 Å². The number of aryl methyl sites for hydroxylation is 2. The summed E-state index contributed by atoms with van der Waals surface area (Å²) in [6, 6.07) is 10.9. The molecule has 0 radical (unpaired) electrons. The van der Waals surface area contributed by atoms with E-state index < -0.39 is 6.10 Å². The highest BCUT2D eigenvalue weighted by atomic mass is 16.5. The van der Waals surface area contributed by atoms with E-state index in [0.29, 0.717) is 30.0 Å². The number of carbonyl (C=O) groups excluding carboxylic acids is 2. The first-order chi connectivity index (χ1) is 12.9. The predicted octanol–water partition coefficient (Wildman–Crippen LogP) is 4.58. The summed E-state index contributed by atoms with van der Waals surface area (Å²) in [5.74, 6) is 0.125. The van der Waals surface area contributed by atoms with Gasteiger partial charge in [0.15, 0.2) is 6.10 Å². The van der Waals surface area contributed by atoms with Crippen molar-refractivity contribution in [1.82, 2.24) is 0 Å². The first-order valence-electron chi connectivity index (χ1n) is 9.18. The number of carbonyl (C=O) groups is 2. The highest BCUT2D eigenvalue weighted by Gasteiger charge is 2.20. The molecule has 0 aromatic heterocycles. The van der Waals surface area contributed by atoms with Crippen LogP contribution in [0.3, 0.4) is 0 Å². The van der Waals surface area contributed by atoms with Gasteiger partial charge in [-0.2, -0.15) is 0 Å². The molecule has 1 unspecified atom stereocenters. The Hall–Kier alpha value is -2.82. The number of anilines is 1. The molecule has 0 spiro atoms. The van der Waals surface area contributed by atoms with Crippen molar-refractivity contribution in [3.8, 4) is 5.75 Å². The Morgan fingerprint density at radius 3 is 2.41 bits per heavy atom. The molecule has 0 heterocycles. The zero-order chi connectivity index (χ0) is 20.0. The summed E-state index contributed by atoms with van der Waals surface area (Å²) in [7, 11) is 0. The molecule has 0 aliphatic heterocycles. The Morgan fingerprint density at radius 1 is 1.04 bits per heavy atom. The Morgan fingerprint density at radius 2 is 1.78 bits per heavy atom. The predicted molar refractivity (Wildman–Crippen MR) is 106 cm³/mol. The third-order valence-electron chi connectivity index (χ3n) is 4.48. The van der Waals surface area contributed by atoms with Gasteiger partial charge < -0.3 is 14.8 Å². The monoisotopic (exact) mass is 369 g/mol. The van der Waals surface area contributed by atoms with Gasteiger partial charge in [-0.05, 0) is 75.1 Å². The number of hydrogen-bond acceptors (Lipinski definition) is 4. The van der Waals surface area contributed by atoms with Crippen LogP contribution in [-0.2, 0) is 9.53 Å². The lowest BCUT2D eigenvalue weighted by atomic mass is 10.1. The Bertz CT molecular complexity index is 829. The fourth-order valence-corrected chi connectivity index (χ4v) is 2.69. The van der Waals surface area contributed by atoms with Crippen LogP contribution in [0.5, 0.6) is 5.75 Å². The van der Waals surface area contributed by atoms with Gasteiger partial charge in [-0.1, -0.05) is 19.1 Å². The third kappa shape index (κ3) is 5.09. The van der Waals surface area contributed by atoms with Crippen LogP contribution in [0.25, 0.3) is 0 Å². The van der Waals surface area contributed by atoms with Crippen molar-refractivity contribution in [2.45, 2.75) is 47.1 Å². The summed E-state index contributed by atoms with van der Waals surface area (Å²) >= 11 is 0. The fourth-order valence-electron chi connectivity index (χ4n) is 2.69. The zero-order valence-electron chi connectivity index (χ0n) is 16.6. The van der Waals surface area contributed by atoms with E-state index in [1.54, 1.807) is 25.1 Å². The molecule has 144 valence electrons. The van der Waals surface area contributed by atoms with Crippen LogP contribution in [0, 0.1) is 20.8 Å². The maximum atomic E-state index is 12.7. The second-order valence-corrected chi connectivity index (χ2v) is 6.45. The minimum atomic E-state index is -0.602. The van der Waals surface area contributed by atoms with E-state index in [-0.39, 0.29) is 11.9 Å². The normalized spacial score (nSPS) is 11.6. The van der Waals surface area contributed by atoms with Gasteiger partial charge in [-0.15, -0.1) is 0 Å². The van der Waals surface area contributed by atoms with Crippen LogP contribution in [0.15, 0.2) is 36.4 Å². The molecule has 1 amide bonds. The lowest BCUT2D eigenvalue weighted by molar-refractivity contribution is -0.122. The first kappa shape index (κ1) is 20.5. The van der Waals surface area contributed by atoms with Gasteiger partial charge in [0.05, 0.1) is 12.2 Å². The third-order valence-corrected chi connectivity index (χ3v) is 4.48. The Kier molecular flexibility index (Phi) is 6.99. The number of benzene rings is 2. The minimum absolute atomic E-state index is 0.217. The zero-order valence-corrected chi connectivity index (χ0v) is 16.6. The largest absolute Gasteiger partial charge is 0.480 e. The van der Waals surface area contributed by atoms with Gasteiger partial charge in [0.1, 0.15) is 5.75 Å². The number of amides is 1. The summed E-state index contributed by atoms with van der Waals surface area (Å²) in [6.45, 7) is 9.83. The van der Waals surface area contributed by atoms with Crippen molar-refractivity contribution >= 4 is 17.6 Å². The molecule has 5 heteroatoms. The number of rotatable bonds is 7.